The van der Waals surface area contributed by atoms with Gasteiger partial charge in [0.1, 0.15) is 11.6 Å². The Hall–Kier alpha value is -1.36. The number of nitrogens with one attached hydrogen (secondary N) is 1. The molecule has 5 heteroatoms. The van der Waals surface area contributed by atoms with Crippen LogP contribution in [0, 0.1) is 11.6 Å². The van der Waals surface area contributed by atoms with Gasteiger partial charge in [-0.15, -0.1) is 18.3 Å². The molecular weight excluding hydrogens is 232 g/mol. The maximum absolute atomic E-state index is 13.1. The highest BCUT2D eigenvalue weighted by Gasteiger charge is 2.07. The summed E-state index contributed by atoms with van der Waals surface area (Å²) in [6, 6.07) is 2.92. The second-order valence-corrected chi connectivity index (χ2v) is 4.01. The summed E-state index contributed by atoms with van der Waals surface area (Å²) >= 11 is 1.34. The Balaban J connectivity index is 2.55. The van der Waals surface area contributed by atoms with E-state index in [1.807, 2.05) is 0 Å². The molecular formula is C11H11F2NOS. The van der Waals surface area contributed by atoms with E-state index in [0.29, 0.717) is 5.75 Å². The highest BCUT2D eigenvalue weighted by molar-refractivity contribution is 8.00. The molecule has 0 aromatic heterocycles. The fourth-order valence-electron chi connectivity index (χ4n) is 1.01. The zero-order chi connectivity index (χ0) is 12.0. The Morgan fingerprint density at radius 2 is 2.25 bits per heavy atom. The number of hydrogen-bond donors (Lipinski definition) is 1. The van der Waals surface area contributed by atoms with Crippen LogP contribution in [-0.2, 0) is 4.79 Å². The van der Waals surface area contributed by atoms with Gasteiger partial charge in [-0.3, -0.25) is 4.79 Å². The number of carbonyl (C=O) groups excluding carboxylic acids is 1. The summed E-state index contributed by atoms with van der Waals surface area (Å²) in [6.07, 6.45) is 1.67. The maximum atomic E-state index is 13.1. The Bertz CT molecular complexity index is 396. The van der Waals surface area contributed by atoms with Crippen LogP contribution in [-0.4, -0.2) is 17.4 Å². The molecule has 0 saturated heterocycles. The fraction of sp³-hybridized carbons (Fsp3) is 0.182. The van der Waals surface area contributed by atoms with Crippen LogP contribution in [0.3, 0.4) is 0 Å². The molecule has 2 nitrogen and oxygen atoms in total. The second-order valence-electron chi connectivity index (χ2n) is 2.98. The molecule has 0 aliphatic carbocycles. The van der Waals surface area contributed by atoms with Gasteiger partial charge in [-0.05, 0) is 12.1 Å². The number of carbonyl (C=O) groups is 1. The number of benzene rings is 1. The zero-order valence-corrected chi connectivity index (χ0v) is 9.32. The Kier molecular flexibility index (Phi) is 4.98. The molecule has 0 saturated carbocycles. The van der Waals surface area contributed by atoms with E-state index >= 15 is 0 Å². The Morgan fingerprint density at radius 3 is 2.94 bits per heavy atom. The molecule has 1 amide bonds. The van der Waals surface area contributed by atoms with E-state index < -0.39 is 11.6 Å². The predicted octanol–water partition coefficient (Wildman–Crippen LogP) is 2.82. The molecule has 0 atom stereocenters. The van der Waals surface area contributed by atoms with Crippen LogP contribution in [0.5, 0.6) is 0 Å². The summed E-state index contributed by atoms with van der Waals surface area (Å²) in [5.74, 6) is -0.781. The monoisotopic (exact) mass is 243 g/mol. The smallest absolute Gasteiger partial charge is 0.234 e. The minimum Gasteiger partial charge on any atom is -0.323 e. The van der Waals surface area contributed by atoms with Crippen molar-refractivity contribution < 1.29 is 13.6 Å². The highest BCUT2D eigenvalue weighted by Crippen LogP contribution is 2.15. The van der Waals surface area contributed by atoms with Crippen molar-refractivity contribution in [1.29, 1.82) is 0 Å². The molecule has 1 aromatic rings. The van der Waals surface area contributed by atoms with Gasteiger partial charge in [-0.1, -0.05) is 6.08 Å². The average molecular weight is 243 g/mol. The number of amides is 1. The average Bonchev–Trinajstić information content (AvgIpc) is 2.24. The van der Waals surface area contributed by atoms with Crippen molar-refractivity contribution in [2.24, 2.45) is 0 Å². The molecule has 0 radical (unpaired) electrons. The SMILES string of the molecule is C=CCSCC(=O)Nc1cc(F)ccc1F. The van der Waals surface area contributed by atoms with Gasteiger partial charge in [0.05, 0.1) is 11.4 Å². The number of thioether (sulfide) groups is 1. The van der Waals surface area contributed by atoms with Crippen molar-refractivity contribution >= 4 is 23.4 Å². The number of anilines is 1. The van der Waals surface area contributed by atoms with E-state index in [4.69, 9.17) is 0 Å². The maximum Gasteiger partial charge on any atom is 0.234 e. The van der Waals surface area contributed by atoms with Gasteiger partial charge in [0.25, 0.3) is 0 Å². The van der Waals surface area contributed by atoms with E-state index in [1.54, 1.807) is 6.08 Å². The molecule has 1 aromatic carbocycles. The topological polar surface area (TPSA) is 29.1 Å². The van der Waals surface area contributed by atoms with Crippen molar-refractivity contribution in [2.75, 3.05) is 16.8 Å². The Morgan fingerprint density at radius 1 is 1.50 bits per heavy atom. The van der Waals surface area contributed by atoms with Gasteiger partial charge in [-0.2, -0.15) is 0 Å². The zero-order valence-electron chi connectivity index (χ0n) is 8.50. The summed E-state index contributed by atoms with van der Waals surface area (Å²) in [6.45, 7) is 3.51. The minimum absolute atomic E-state index is 0.135. The normalized spacial score (nSPS) is 9.88. The summed E-state index contributed by atoms with van der Waals surface area (Å²) in [4.78, 5) is 11.3. The van der Waals surface area contributed by atoms with Gasteiger partial charge >= 0.3 is 0 Å². The lowest BCUT2D eigenvalue weighted by Gasteiger charge is -2.05. The van der Waals surface area contributed by atoms with Gasteiger partial charge in [0.2, 0.25) is 5.91 Å². The van der Waals surface area contributed by atoms with Crippen LogP contribution in [0.2, 0.25) is 0 Å². The molecule has 0 aliphatic heterocycles. The molecule has 0 bridgehead atoms. The first kappa shape index (κ1) is 12.7. The van der Waals surface area contributed by atoms with E-state index in [2.05, 4.69) is 11.9 Å². The number of halogens is 2. The standard InChI is InChI=1S/C11H11F2NOS/c1-2-5-16-7-11(15)14-10-6-8(12)3-4-9(10)13/h2-4,6H,1,5,7H2,(H,14,15). The molecule has 0 aliphatic rings. The lowest BCUT2D eigenvalue weighted by molar-refractivity contribution is -0.113. The molecule has 1 rings (SSSR count). The molecule has 1 N–H and O–H groups in total. The third-order valence-corrected chi connectivity index (χ3v) is 2.61. The fourth-order valence-corrected chi connectivity index (χ4v) is 1.56. The molecule has 0 spiro atoms. The van der Waals surface area contributed by atoms with Crippen molar-refractivity contribution in [3.05, 3.63) is 42.5 Å². The van der Waals surface area contributed by atoms with E-state index in [-0.39, 0.29) is 17.3 Å². The van der Waals surface area contributed by atoms with Crippen molar-refractivity contribution in [2.45, 2.75) is 0 Å². The predicted molar refractivity (Wildman–Crippen MR) is 62.5 cm³/mol. The van der Waals surface area contributed by atoms with Gasteiger partial charge in [0, 0.05) is 11.8 Å². The van der Waals surface area contributed by atoms with Crippen LogP contribution in [0.15, 0.2) is 30.9 Å². The lowest BCUT2D eigenvalue weighted by atomic mass is 10.3. The third-order valence-electron chi connectivity index (χ3n) is 1.67. The van der Waals surface area contributed by atoms with E-state index in [0.717, 1.165) is 18.2 Å². The summed E-state index contributed by atoms with van der Waals surface area (Å²) in [5.41, 5.74) is -0.135. The van der Waals surface area contributed by atoms with E-state index in [9.17, 15) is 13.6 Å². The highest BCUT2D eigenvalue weighted by atomic mass is 32.2. The lowest BCUT2D eigenvalue weighted by Crippen LogP contribution is -2.15. The van der Waals surface area contributed by atoms with Gasteiger partial charge in [0.15, 0.2) is 0 Å². The molecule has 0 heterocycles. The quantitative estimate of drug-likeness (QED) is 0.636. The van der Waals surface area contributed by atoms with Crippen LogP contribution in [0.1, 0.15) is 0 Å². The van der Waals surface area contributed by atoms with Crippen LogP contribution in [0.25, 0.3) is 0 Å². The first-order valence-corrected chi connectivity index (χ1v) is 5.72. The van der Waals surface area contributed by atoms with Crippen molar-refractivity contribution in [3.63, 3.8) is 0 Å². The minimum atomic E-state index is -0.650. The van der Waals surface area contributed by atoms with Crippen LogP contribution in [0.4, 0.5) is 14.5 Å². The van der Waals surface area contributed by atoms with E-state index in [1.165, 1.54) is 11.8 Å². The number of rotatable bonds is 5. The largest absolute Gasteiger partial charge is 0.323 e. The summed E-state index contributed by atoms with van der Waals surface area (Å²) < 4.78 is 25.9. The van der Waals surface area contributed by atoms with Crippen LogP contribution < -0.4 is 5.32 Å². The summed E-state index contributed by atoms with van der Waals surface area (Å²) in [7, 11) is 0. The number of hydrogen-bond acceptors (Lipinski definition) is 2. The molecule has 0 fully saturated rings. The molecule has 16 heavy (non-hydrogen) atoms. The van der Waals surface area contributed by atoms with Gasteiger partial charge < -0.3 is 5.32 Å². The third kappa shape index (κ3) is 4.02. The molecule has 86 valence electrons. The first-order chi connectivity index (χ1) is 7.63. The van der Waals surface area contributed by atoms with Gasteiger partial charge in [-0.25, -0.2) is 8.78 Å². The summed E-state index contributed by atoms with van der Waals surface area (Å²) in [5, 5.41) is 2.30. The first-order valence-electron chi connectivity index (χ1n) is 4.57. The molecule has 0 unspecified atom stereocenters. The van der Waals surface area contributed by atoms with Crippen molar-refractivity contribution in [3.8, 4) is 0 Å². The Labute approximate surface area is 96.7 Å². The van der Waals surface area contributed by atoms with Crippen molar-refractivity contribution in [1.82, 2.24) is 0 Å². The second kappa shape index (κ2) is 6.27. The van der Waals surface area contributed by atoms with Crippen LogP contribution >= 0.6 is 11.8 Å².